The van der Waals surface area contributed by atoms with E-state index in [2.05, 4.69) is 11.6 Å². The summed E-state index contributed by atoms with van der Waals surface area (Å²) in [4.78, 5) is 37.3. The lowest BCUT2D eigenvalue weighted by molar-refractivity contribution is 0.0520. The molecule has 31 heavy (non-hydrogen) atoms. The molecule has 0 N–H and O–H groups in total. The summed E-state index contributed by atoms with van der Waals surface area (Å²) in [6.07, 6.45) is 1.63. The Hall–Kier alpha value is -3.36. The Morgan fingerprint density at radius 3 is 2.74 bits per heavy atom. The number of aromatic nitrogens is 2. The van der Waals surface area contributed by atoms with Crippen LogP contribution in [0.1, 0.15) is 27.8 Å². The third-order valence-corrected chi connectivity index (χ3v) is 6.24. The lowest BCUT2D eigenvalue weighted by atomic mass is 10.1. The van der Waals surface area contributed by atoms with Gasteiger partial charge in [-0.1, -0.05) is 30.3 Å². The highest BCUT2D eigenvalue weighted by Crippen LogP contribution is 2.30. The third kappa shape index (κ3) is 4.26. The SMILES string of the molecule is C=CCN(C(=O)c1cc(-c2cccs2)nc2ccccc12)c1nc(C(=O)OCC)cs1. The molecule has 8 heteroatoms. The number of amides is 1. The quantitative estimate of drug-likeness (QED) is 0.278. The zero-order chi connectivity index (χ0) is 21.8. The van der Waals surface area contributed by atoms with Gasteiger partial charge in [0.05, 0.1) is 28.3 Å². The fourth-order valence-corrected chi connectivity index (χ4v) is 4.60. The second-order valence-corrected chi connectivity index (χ2v) is 8.27. The van der Waals surface area contributed by atoms with Crippen LogP contribution < -0.4 is 4.90 Å². The number of hydrogen-bond acceptors (Lipinski definition) is 7. The number of fused-ring (bicyclic) bond motifs is 1. The lowest BCUT2D eigenvalue weighted by Gasteiger charge is -2.19. The largest absolute Gasteiger partial charge is 0.461 e. The topological polar surface area (TPSA) is 72.4 Å². The van der Waals surface area contributed by atoms with Crippen molar-refractivity contribution in [2.24, 2.45) is 0 Å². The molecular weight excluding hydrogens is 430 g/mol. The molecule has 156 valence electrons. The molecule has 3 heterocycles. The summed E-state index contributed by atoms with van der Waals surface area (Å²) in [7, 11) is 0. The van der Waals surface area contributed by atoms with E-state index in [0.29, 0.717) is 10.7 Å². The van der Waals surface area contributed by atoms with Crippen LogP contribution in [0.15, 0.2) is 65.9 Å². The highest BCUT2D eigenvalue weighted by molar-refractivity contribution is 7.14. The van der Waals surface area contributed by atoms with Crippen molar-refractivity contribution < 1.29 is 14.3 Å². The molecule has 0 atom stereocenters. The molecule has 4 aromatic rings. The summed E-state index contributed by atoms with van der Waals surface area (Å²) >= 11 is 2.78. The highest BCUT2D eigenvalue weighted by Gasteiger charge is 2.24. The van der Waals surface area contributed by atoms with Gasteiger partial charge in [-0.2, -0.15) is 0 Å². The van der Waals surface area contributed by atoms with E-state index in [4.69, 9.17) is 9.72 Å². The molecule has 0 saturated heterocycles. The van der Waals surface area contributed by atoms with E-state index in [9.17, 15) is 9.59 Å². The number of thiophene rings is 1. The van der Waals surface area contributed by atoms with Gasteiger partial charge in [-0.05, 0) is 30.5 Å². The van der Waals surface area contributed by atoms with Gasteiger partial charge in [0.2, 0.25) is 0 Å². The number of para-hydroxylation sites is 1. The second-order valence-electron chi connectivity index (χ2n) is 6.49. The van der Waals surface area contributed by atoms with E-state index in [1.165, 1.54) is 16.2 Å². The molecule has 0 saturated carbocycles. The first-order chi connectivity index (χ1) is 15.1. The van der Waals surface area contributed by atoms with Gasteiger partial charge in [-0.15, -0.1) is 29.3 Å². The van der Waals surface area contributed by atoms with Gasteiger partial charge in [-0.3, -0.25) is 9.69 Å². The maximum atomic E-state index is 13.7. The molecule has 1 amide bonds. The number of hydrogen-bond donors (Lipinski definition) is 0. The zero-order valence-corrected chi connectivity index (χ0v) is 18.4. The minimum atomic E-state index is -0.509. The lowest BCUT2D eigenvalue weighted by Crippen LogP contribution is -2.31. The average Bonchev–Trinajstić information content (AvgIpc) is 3.49. The predicted molar refractivity (Wildman–Crippen MR) is 125 cm³/mol. The van der Waals surface area contributed by atoms with Crippen molar-refractivity contribution >= 4 is 50.6 Å². The number of carbonyl (C=O) groups excluding carboxylic acids is 2. The van der Waals surface area contributed by atoms with Crippen molar-refractivity contribution in [3.63, 3.8) is 0 Å². The van der Waals surface area contributed by atoms with Crippen molar-refractivity contribution in [3.8, 4) is 10.6 Å². The molecule has 0 aliphatic rings. The van der Waals surface area contributed by atoms with Crippen LogP contribution in [-0.2, 0) is 4.74 Å². The van der Waals surface area contributed by atoms with Crippen LogP contribution in [0.5, 0.6) is 0 Å². The summed E-state index contributed by atoms with van der Waals surface area (Å²) in [6.45, 7) is 6.02. The molecule has 0 unspecified atom stereocenters. The first kappa shape index (κ1) is 20.9. The number of ether oxygens (including phenoxy) is 1. The monoisotopic (exact) mass is 449 g/mol. The van der Waals surface area contributed by atoms with Gasteiger partial charge in [0.15, 0.2) is 10.8 Å². The zero-order valence-electron chi connectivity index (χ0n) is 16.8. The molecule has 0 spiro atoms. The number of carbonyl (C=O) groups is 2. The number of anilines is 1. The molecule has 4 rings (SSSR count). The number of pyridine rings is 1. The van der Waals surface area contributed by atoms with E-state index in [1.54, 1.807) is 29.7 Å². The van der Waals surface area contributed by atoms with Crippen molar-refractivity contribution in [1.29, 1.82) is 0 Å². The van der Waals surface area contributed by atoms with Gasteiger partial charge < -0.3 is 4.74 Å². The smallest absolute Gasteiger partial charge is 0.357 e. The van der Waals surface area contributed by atoms with Crippen molar-refractivity contribution in [3.05, 3.63) is 77.1 Å². The first-order valence-electron chi connectivity index (χ1n) is 9.61. The van der Waals surface area contributed by atoms with Crippen molar-refractivity contribution in [2.75, 3.05) is 18.1 Å². The van der Waals surface area contributed by atoms with Crippen LogP contribution in [0, 0.1) is 0 Å². The van der Waals surface area contributed by atoms with E-state index < -0.39 is 5.97 Å². The minimum Gasteiger partial charge on any atom is -0.461 e. The fraction of sp³-hybridized carbons (Fsp3) is 0.130. The highest BCUT2D eigenvalue weighted by atomic mass is 32.1. The summed E-state index contributed by atoms with van der Waals surface area (Å²) < 4.78 is 5.02. The van der Waals surface area contributed by atoms with Crippen LogP contribution in [-0.4, -0.2) is 35.0 Å². The van der Waals surface area contributed by atoms with E-state index in [1.807, 2.05) is 47.8 Å². The van der Waals surface area contributed by atoms with Crippen LogP contribution >= 0.6 is 22.7 Å². The molecule has 6 nitrogen and oxygen atoms in total. The fourth-order valence-electron chi connectivity index (χ4n) is 3.11. The van der Waals surface area contributed by atoms with Crippen LogP contribution in [0.2, 0.25) is 0 Å². The standard InChI is InChI=1S/C23H19N3O3S2/c1-3-11-26(23-25-19(14-31-23)22(28)29-4-2)21(27)16-13-18(20-10-7-12-30-20)24-17-9-6-5-8-15(16)17/h3,5-10,12-14H,1,4,11H2,2H3. The van der Waals surface area contributed by atoms with Crippen molar-refractivity contribution in [1.82, 2.24) is 9.97 Å². The summed E-state index contributed by atoms with van der Waals surface area (Å²) in [5, 5.41) is 4.73. The Kier molecular flexibility index (Phi) is 6.20. The Bertz CT molecular complexity index is 1250. The second kappa shape index (κ2) is 9.20. The summed E-state index contributed by atoms with van der Waals surface area (Å²) in [5.74, 6) is -0.744. The van der Waals surface area contributed by atoms with Gasteiger partial charge in [0.1, 0.15) is 0 Å². The number of rotatable bonds is 7. The third-order valence-electron chi connectivity index (χ3n) is 4.48. The summed E-state index contributed by atoms with van der Waals surface area (Å²) in [6, 6.07) is 13.3. The average molecular weight is 450 g/mol. The van der Waals surface area contributed by atoms with Gasteiger partial charge in [0, 0.05) is 17.3 Å². The van der Waals surface area contributed by atoms with Crippen molar-refractivity contribution in [2.45, 2.75) is 6.92 Å². The molecule has 0 aliphatic heterocycles. The number of esters is 1. The molecule has 0 fully saturated rings. The van der Waals surface area contributed by atoms with E-state index >= 15 is 0 Å². The molecule has 0 bridgehead atoms. The Labute approximate surface area is 187 Å². The number of benzene rings is 1. The maximum absolute atomic E-state index is 13.7. The molecule has 3 aromatic heterocycles. The molecule has 0 aliphatic carbocycles. The Morgan fingerprint density at radius 1 is 1.16 bits per heavy atom. The van der Waals surface area contributed by atoms with E-state index in [-0.39, 0.29) is 24.8 Å². The minimum absolute atomic E-state index is 0.183. The van der Waals surface area contributed by atoms with Gasteiger partial charge in [0.25, 0.3) is 5.91 Å². The Balaban J connectivity index is 1.79. The van der Waals surface area contributed by atoms with Crippen LogP contribution in [0.4, 0.5) is 5.13 Å². The predicted octanol–water partition coefficient (Wildman–Crippen LogP) is 5.43. The molecule has 0 radical (unpaired) electrons. The summed E-state index contributed by atoms with van der Waals surface area (Å²) in [5.41, 5.74) is 2.18. The van der Waals surface area contributed by atoms with Gasteiger partial charge >= 0.3 is 5.97 Å². The first-order valence-corrected chi connectivity index (χ1v) is 11.4. The van der Waals surface area contributed by atoms with E-state index in [0.717, 1.165) is 21.5 Å². The number of nitrogens with zero attached hydrogens (tertiary/aromatic N) is 3. The number of thiazole rings is 1. The van der Waals surface area contributed by atoms with Gasteiger partial charge in [-0.25, -0.2) is 14.8 Å². The maximum Gasteiger partial charge on any atom is 0.357 e. The molecule has 1 aromatic carbocycles. The van der Waals surface area contributed by atoms with Crippen LogP contribution in [0.3, 0.4) is 0 Å². The normalized spacial score (nSPS) is 10.7. The van der Waals surface area contributed by atoms with Crippen LogP contribution in [0.25, 0.3) is 21.5 Å². The Morgan fingerprint density at radius 2 is 2.00 bits per heavy atom. The molecular formula is C23H19N3O3S2.